The second-order valence-electron chi connectivity index (χ2n) is 7.95. The first-order chi connectivity index (χ1) is 14.9. The number of nitrogens with two attached hydrogens (primary N) is 1. The molecule has 0 aromatic carbocycles. The molecule has 3 N–H and O–H groups in total. The average Bonchev–Trinajstić information content (AvgIpc) is 3.13. The van der Waals surface area contributed by atoms with Gasteiger partial charge in [0.25, 0.3) is 5.91 Å². The lowest BCUT2D eigenvalue weighted by molar-refractivity contribution is -0.00188. The maximum atomic E-state index is 13.5. The van der Waals surface area contributed by atoms with Crippen LogP contribution in [-0.2, 0) is 13.1 Å². The molecule has 1 unspecified atom stereocenters. The third kappa shape index (κ3) is 3.94. The molecule has 0 aliphatic carbocycles. The molecule has 10 nitrogen and oxygen atoms in total. The molecule has 1 saturated heterocycles. The van der Waals surface area contributed by atoms with Crippen LogP contribution in [0, 0.1) is 18.8 Å². The minimum Gasteiger partial charge on any atom is -0.356 e. The third-order valence-corrected chi connectivity index (χ3v) is 5.66. The number of hydrogen-bond donors (Lipinski definition) is 2. The van der Waals surface area contributed by atoms with Crippen molar-refractivity contribution in [1.82, 2.24) is 24.4 Å². The largest absolute Gasteiger partial charge is 0.356 e. The second kappa shape index (κ2) is 8.53. The molecule has 2 aliphatic heterocycles. The minimum atomic E-state index is -1.18. The number of fused-ring (bicyclic) bond motifs is 1. The van der Waals surface area contributed by atoms with Gasteiger partial charge >= 0.3 is 0 Å². The molecule has 1 amide bonds. The molecule has 164 valence electrons. The number of carbonyl (C=O) groups is 1. The molecule has 2 aromatic heterocycles. The van der Waals surface area contributed by atoms with Crippen LogP contribution >= 0.6 is 0 Å². The van der Waals surface area contributed by atoms with Gasteiger partial charge in [-0.1, -0.05) is 5.92 Å². The average molecular weight is 425 g/mol. The number of aromatic nitrogens is 4. The van der Waals surface area contributed by atoms with E-state index in [4.69, 9.17) is 10.7 Å². The summed E-state index contributed by atoms with van der Waals surface area (Å²) in [6.45, 7) is 5.50. The van der Waals surface area contributed by atoms with Gasteiger partial charge in [0.15, 0.2) is 11.5 Å². The smallest absolute Gasteiger partial charge is 0.278 e. The van der Waals surface area contributed by atoms with Gasteiger partial charge < -0.3 is 20.6 Å². The third-order valence-electron chi connectivity index (χ3n) is 5.66. The highest BCUT2D eigenvalue weighted by Gasteiger charge is 2.41. The van der Waals surface area contributed by atoms with Gasteiger partial charge in [0.05, 0.1) is 13.1 Å². The summed E-state index contributed by atoms with van der Waals surface area (Å²) < 4.78 is 1.83. The molecular formula is C21H28N8O2. The summed E-state index contributed by atoms with van der Waals surface area (Å²) in [6.07, 6.45) is 2.39. The van der Waals surface area contributed by atoms with E-state index in [2.05, 4.69) is 26.7 Å². The lowest BCUT2D eigenvalue weighted by atomic mass is 10.1. The SMILES string of the molecule is CC#CCn1c(N2CCC[C@@H](N)C2)nc2c1C(=O)N(Cc1nccc(C)n1)C(O)N2C. The molecule has 0 radical (unpaired) electrons. The van der Waals surface area contributed by atoms with Crippen molar-refractivity contribution in [2.45, 2.75) is 52.2 Å². The summed E-state index contributed by atoms with van der Waals surface area (Å²) in [5, 5.41) is 10.9. The number of anilines is 2. The first kappa shape index (κ1) is 21.1. The van der Waals surface area contributed by atoms with Crippen LogP contribution < -0.4 is 15.5 Å². The van der Waals surface area contributed by atoms with Gasteiger partial charge in [0.2, 0.25) is 12.3 Å². The number of aliphatic hydroxyl groups excluding tert-OH is 1. The van der Waals surface area contributed by atoms with Gasteiger partial charge in [-0.3, -0.25) is 14.3 Å². The van der Waals surface area contributed by atoms with Crippen molar-refractivity contribution >= 4 is 17.7 Å². The first-order valence-corrected chi connectivity index (χ1v) is 10.4. The quantitative estimate of drug-likeness (QED) is 0.673. The zero-order valence-corrected chi connectivity index (χ0v) is 18.1. The van der Waals surface area contributed by atoms with E-state index in [0.29, 0.717) is 36.4 Å². The van der Waals surface area contributed by atoms with E-state index >= 15 is 0 Å². The zero-order chi connectivity index (χ0) is 22.1. The van der Waals surface area contributed by atoms with Crippen molar-refractivity contribution < 1.29 is 9.90 Å². The maximum absolute atomic E-state index is 13.5. The van der Waals surface area contributed by atoms with E-state index in [1.165, 1.54) is 4.90 Å². The van der Waals surface area contributed by atoms with Crippen LogP contribution in [-0.4, -0.2) is 68.0 Å². The van der Waals surface area contributed by atoms with Crippen molar-refractivity contribution in [3.63, 3.8) is 0 Å². The fraction of sp³-hybridized carbons (Fsp3) is 0.524. The van der Waals surface area contributed by atoms with Gasteiger partial charge in [-0.2, -0.15) is 4.98 Å². The van der Waals surface area contributed by atoms with Crippen LogP contribution in [0.2, 0.25) is 0 Å². The summed E-state index contributed by atoms with van der Waals surface area (Å²) in [7, 11) is 1.72. The molecule has 4 heterocycles. The summed E-state index contributed by atoms with van der Waals surface area (Å²) >= 11 is 0. The van der Waals surface area contributed by atoms with E-state index in [1.54, 1.807) is 31.1 Å². The Bertz CT molecular complexity index is 1040. The Morgan fingerprint density at radius 1 is 1.35 bits per heavy atom. The number of hydrogen-bond acceptors (Lipinski definition) is 8. The Hall–Kier alpha value is -3.16. The molecule has 0 bridgehead atoms. The molecule has 2 aromatic rings. The van der Waals surface area contributed by atoms with Gasteiger partial charge in [0.1, 0.15) is 5.82 Å². The predicted octanol–water partition coefficient (Wildman–Crippen LogP) is 0.300. The predicted molar refractivity (Wildman–Crippen MR) is 116 cm³/mol. The Morgan fingerprint density at radius 3 is 2.87 bits per heavy atom. The molecule has 2 atom stereocenters. The number of nitrogens with zero attached hydrogens (tertiary/aromatic N) is 7. The lowest BCUT2D eigenvalue weighted by Gasteiger charge is -2.38. The van der Waals surface area contributed by atoms with E-state index in [-0.39, 0.29) is 18.5 Å². The second-order valence-corrected chi connectivity index (χ2v) is 7.95. The fourth-order valence-electron chi connectivity index (χ4n) is 4.07. The van der Waals surface area contributed by atoms with Crippen LogP contribution in [0.25, 0.3) is 0 Å². The monoisotopic (exact) mass is 424 g/mol. The molecule has 0 spiro atoms. The molecule has 31 heavy (non-hydrogen) atoms. The molecule has 10 heteroatoms. The maximum Gasteiger partial charge on any atom is 0.278 e. The molecule has 4 rings (SSSR count). The molecule has 2 aliphatic rings. The van der Waals surface area contributed by atoms with Gasteiger partial charge in [-0.15, -0.1) is 5.92 Å². The summed E-state index contributed by atoms with van der Waals surface area (Å²) in [5.74, 6) is 7.17. The first-order valence-electron chi connectivity index (χ1n) is 10.4. The number of aryl methyl sites for hydroxylation is 1. The highest BCUT2D eigenvalue weighted by Crippen LogP contribution is 2.34. The lowest BCUT2D eigenvalue weighted by Crippen LogP contribution is -2.54. The normalized spacial score (nSPS) is 21.1. The molecule has 0 saturated carbocycles. The fourth-order valence-corrected chi connectivity index (χ4v) is 4.07. The van der Waals surface area contributed by atoms with E-state index in [9.17, 15) is 9.90 Å². The van der Waals surface area contributed by atoms with Gasteiger partial charge in [-0.05, 0) is 32.8 Å². The van der Waals surface area contributed by atoms with E-state index in [0.717, 1.165) is 25.1 Å². The number of imidazole rings is 1. The van der Waals surface area contributed by atoms with E-state index in [1.807, 2.05) is 11.5 Å². The van der Waals surface area contributed by atoms with Crippen molar-refractivity contribution in [3.8, 4) is 11.8 Å². The number of piperidine rings is 1. The Kier molecular flexibility index (Phi) is 5.80. The molecule has 1 fully saturated rings. The van der Waals surface area contributed by atoms with E-state index < -0.39 is 6.35 Å². The van der Waals surface area contributed by atoms with Crippen LogP contribution in [0.1, 0.15) is 41.8 Å². The molecular weight excluding hydrogens is 396 g/mol. The van der Waals surface area contributed by atoms with Crippen LogP contribution in [0.4, 0.5) is 11.8 Å². The van der Waals surface area contributed by atoms with Gasteiger partial charge in [-0.25, -0.2) is 9.97 Å². The van der Waals surface area contributed by atoms with Crippen molar-refractivity contribution in [1.29, 1.82) is 0 Å². The number of rotatable bonds is 4. The van der Waals surface area contributed by atoms with Crippen molar-refractivity contribution in [3.05, 3.63) is 29.5 Å². The Labute approximate surface area is 181 Å². The summed E-state index contributed by atoms with van der Waals surface area (Å²) in [5.41, 5.74) is 7.38. The summed E-state index contributed by atoms with van der Waals surface area (Å²) in [4.78, 5) is 31.9. The van der Waals surface area contributed by atoms with Gasteiger partial charge in [0, 0.05) is 38.1 Å². The standard InChI is InChI=1S/C21H28N8O2/c1-4-5-11-28-17-18(25-20(28)27-10-6-7-15(22)12-27)26(3)21(31)29(19(17)30)13-16-23-9-8-14(2)24-16/h8-9,15,21,31H,6-7,10-13,22H2,1-3H3/t15-,21?/m1/s1. The van der Waals surface area contributed by atoms with Crippen LogP contribution in [0.5, 0.6) is 0 Å². The van der Waals surface area contributed by atoms with Crippen LogP contribution in [0.15, 0.2) is 12.3 Å². The highest BCUT2D eigenvalue weighted by atomic mass is 16.3. The minimum absolute atomic E-state index is 0.0576. The Balaban J connectivity index is 1.75. The van der Waals surface area contributed by atoms with Crippen molar-refractivity contribution in [2.24, 2.45) is 5.73 Å². The number of aliphatic hydroxyl groups is 1. The highest BCUT2D eigenvalue weighted by molar-refractivity contribution is 6.00. The Morgan fingerprint density at radius 2 is 2.16 bits per heavy atom. The topological polar surface area (TPSA) is 117 Å². The number of carbonyl (C=O) groups excluding carboxylic acids is 1. The van der Waals surface area contributed by atoms with Crippen LogP contribution in [0.3, 0.4) is 0 Å². The van der Waals surface area contributed by atoms with Crippen molar-refractivity contribution in [2.75, 3.05) is 29.9 Å². The summed E-state index contributed by atoms with van der Waals surface area (Å²) in [6, 6.07) is 1.85. The zero-order valence-electron chi connectivity index (χ0n) is 18.1. The number of amides is 1.